The predicted octanol–water partition coefficient (Wildman–Crippen LogP) is 13.4. The van der Waals surface area contributed by atoms with Gasteiger partial charge in [0.1, 0.15) is 11.6 Å². The molecule has 0 saturated carbocycles. The zero-order valence-corrected chi connectivity index (χ0v) is 36.2. The maximum Gasteiger partial charge on any atom is 0.143 e. The summed E-state index contributed by atoms with van der Waals surface area (Å²) in [5, 5.41) is 11.9. The summed E-state index contributed by atoms with van der Waals surface area (Å²) in [5.41, 5.74) is 15.9. The van der Waals surface area contributed by atoms with Gasteiger partial charge in [0, 0.05) is 45.6 Å². The Morgan fingerprint density at radius 1 is 0.579 bits per heavy atom. The molecular weight excluding hydrogens is 878 g/mol. The quantitative estimate of drug-likeness (QED) is 0.169. The number of imidazole rings is 1. The van der Waals surface area contributed by atoms with Crippen molar-refractivity contribution in [2.75, 3.05) is 0 Å². The molecule has 0 saturated heterocycles. The number of hydrogen-bond donors (Lipinski definition) is 1. The van der Waals surface area contributed by atoms with E-state index in [1.165, 1.54) is 11.1 Å². The zero-order chi connectivity index (χ0) is 39.4. The Labute approximate surface area is 351 Å². The van der Waals surface area contributed by atoms with Crippen LogP contribution in [0.15, 0.2) is 140 Å². The number of aromatic hydroxyl groups is 1. The number of aryl methyl sites for hydroxylation is 2. The Morgan fingerprint density at radius 3 is 1.81 bits per heavy atom. The van der Waals surface area contributed by atoms with Crippen LogP contribution in [0.4, 0.5) is 0 Å². The summed E-state index contributed by atoms with van der Waals surface area (Å²) in [6, 6.07) is 50.7. The average molecular weight is 926 g/mol. The number of phenols is 1. The number of pyridine rings is 1. The average Bonchev–Trinajstić information content (AvgIpc) is 3.53. The van der Waals surface area contributed by atoms with Gasteiger partial charge < -0.3 is 9.67 Å². The number of aromatic nitrogens is 3. The van der Waals surface area contributed by atoms with Gasteiger partial charge in [-0.25, -0.2) is 4.98 Å². The van der Waals surface area contributed by atoms with Crippen LogP contribution < -0.4 is 0 Å². The van der Waals surface area contributed by atoms with Crippen molar-refractivity contribution in [1.82, 2.24) is 14.5 Å². The molecule has 0 aliphatic heterocycles. The molecule has 1 N–H and O–H groups in total. The molecule has 6 aromatic carbocycles. The number of hydrogen-bond acceptors (Lipinski definition) is 3. The Kier molecular flexibility index (Phi) is 10.7. The van der Waals surface area contributed by atoms with Gasteiger partial charge in [0.25, 0.3) is 0 Å². The van der Waals surface area contributed by atoms with E-state index in [1.54, 1.807) is 0 Å². The minimum Gasteiger partial charge on any atom is -0.507 e. The van der Waals surface area contributed by atoms with Gasteiger partial charge >= 0.3 is 0 Å². The fourth-order valence-corrected chi connectivity index (χ4v) is 7.59. The van der Waals surface area contributed by atoms with Crippen molar-refractivity contribution >= 4 is 11.0 Å². The van der Waals surface area contributed by atoms with Crippen molar-refractivity contribution in [3.05, 3.63) is 162 Å². The Hall–Kier alpha value is -5.57. The van der Waals surface area contributed by atoms with Crippen LogP contribution in [0.5, 0.6) is 5.75 Å². The maximum atomic E-state index is 11.9. The molecule has 288 valence electrons. The molecule has 4 nitrogen and oxygen atoms in total. The summed E-state index contributed by atoms with van der Waals surface area (Å²) in [6.07, 6.45) is 1.97. The van der Waals surface area contributed by atoms with E-state index in [9.17, 15) is 5.11 Å². The minimum absolute atomic E-state index is 0. The Morgan fingerprint density at radius 2 is 1.18 bits per heavy atom. The minimum atomic E-state index is -0.255. The van der Waals surface area contributed by atoms with Crippen molar-refractivity contribution in [2.24, 2.45) is 7.05 Å². The first kappa shape index (κ1) is 39.7. The number of rotatable bonds is 6. The topological polar surface area (TPSA) is 50.9 Å². The smallest absolute Gasteiger partial charge is 0.143 e. The third-order valence-corrected chi connectivity index (χ3v) is 10.9. The molecule has 8 rings (SSSR count). The molecule has 57 heavy (non-hydrogen) atoms. The van der Waals surface area contributed by atoms with E-state index in [1.807, 2.05) is 25.4 Å². The van der Waals surface area contributed by atoms with E-state index in [2.05, 4.69) is 180 Å². The first-order chi connectivity index (χ1) is 26.8. The van der Waals surface area contributed by atoms with Gasteiger partial charge in [-0.2, -0.15) is 0 Å². The Balaban J connectivity index is 0.00000496. The molecule has 0 spiro atoms. The van der Waals surface area contributed by atoms with Crippen molar-refractivity contribution < 1.29 is 26.2 Å². The summed E-state index contributed by atoms with van der Waals surface area (Å²) >= 11 is 0. The molecule has 5 heteroatoms. The van der Waals surface area contributed by atoms with Gasteiger partial charge in [-0.15, -0.1) is 23.8 Å². The van der Waals surface area contributed by atoms with E-state index in [-0.39, 0.29) is 37.6 Å². The first-order valence-electron chi connectivity index (χ1n) is 19.4. The van der Waals surface area contributed by atoms with Crippen LogP contribution in [0.3, 0.4) is 0 Å². The predicted molar refractivity (Wildman–Crippen MR) is 234 cm³/mol. The van der Waals surface area contributed by atoms with Gasteiger partial charge in [-0.1, -0.05) is 167 Å². The van der Waals surface area contributed by atoms with Gasteiger partial charge in [-0.3, -0.25) is 4.98 Å². The van der Waals surface area contributed by atoms with Crippen molar-refractivity contribution in [3.63, 3.8) is 0 Å². The van der Waals surface area contributed by atoms with Gasteiger partial charge in [0.15, 0.2) is 0 Å². The molecule has 0 aliphatic carbocycles. The number of para-hydroxylation sites is 1. The molecule has 8 aromatic rings. The van der Waals surface area contributed by atoms with Crippen molar-refractivity contribution in [1.29, 1.82) is 0 Å². The third-order valence-electron chi connectivity index (χ3n) is 10.9. The van der Waals surface area contributed by atoms with Crippen LogP contribution in [-0.2, 0) is 38.9 Å². The fraction of sp³-hybridized carbons (Fsp3) is 0.192. The summed E-state index contributed by atoms with van der Waals surface area (Å²) in [5.74, 6) is 1.01. The summed E-state index contributed by atoms with van der Waals surface area (Å²) in [6.45, 7) is 15.2. The van der Waals surface area contributed by atoms with Crippen molar-refractivity contribution in [2.45, 2.75) is 59.3 Å². The van der Waals surface area contributed by atoms with E-state index in [0.29, 0.717) is 0 Å². The van der Waals surface area contributed by atoms with E-state index in [0.717, 1.165) is 83.7 Å². The second-order valence-corrected chi connectivity index (χ2v) is 17.0. The summed E-state index contributed by atoms with van der Waals surface area (Å²) < 4.78 is 2.10. The second-order valence-electron chi connectivity index (χ2n) is 17.0. The SMILES string of the molecule is Cc1cnc(-c2[c-]c(-c3cccc4c3nc(-c3cc(C(C)(C)C)cc(C(C)(C)C)c3O)n4C)cc(-c3ccccc3)c2)cc1-c1ccc(-c2ccccc2)cc1.[Pt]. The zero-order valence-electron chi connectivity index (χ0n) is 33.9. The van der Waals surface area contributed by atoms with Crippen molar-refractivity contribution in [3.8, 4) is 72.9 Å². The molecule has 0 bridgehead atoms. The molecule has 0 amide bonds. The normalized spacial score (nSPS) is 11.8. The third kappa shape index (κ3) is 7.76. The fourth-order valence-electron chi connectivity index (χ4n) is 7.59. The monoisotopic (exact) mass is 925 g/mol. The summed E-state index contributed by atoms with van der Waals surface area (Å²) in [7, 11) is 2.04. The van der Waals surface area contributed by atoms with Crippen LogP contribution in [0.25, 0.3) is 78.2 Å². The standard InChI is InChI=1S/C52H48N3O.Pt/c1-33-32-53-46(31-43(33)37-24-22-36(23-25-37)34-16-11-9-12-17-34)40-27-38(35-18-13-10-14-19-35)26-39(28-40)42-20-15-21-47-48(42)54-50(55(47)8)44-29-41(51(2,3)4)30-45(49(44)56)52(5,6)7;/h9-27,29-32,56H,1-8H3;/q-1;. The largest absolute Gasteiger partial charge is 0.507 e. The van der Waals surface area contributed by atoms with E-state index >= 15 is 0 Å². The van der Waals surface area contributed by atoms with Crippen LogP contribution >= 0.6 is 0 Å². The van der Waals surface area contributed by atoms with E-state index in [4.69, 9.17) is 9.97 Å². The Bertz CT molecular complexity index is 2720. The summed E-state index contributed by atoms with van der Waals surface area (Å²) in [4.78, 5) is 10.3. The van der Waals surface area contributed by atoms with E-state index < -0.39 is 0 Å². The molecule has 0 unspecified atom stereocenters. The van der Waals surface area contributed by atoms with Crippen LogP contribution in [-0.4, -0.2) is 19.6 Å². The molecule has 2 heterocycles. The molecule has 0 aliphatic rings. The first-order valence-corrected chi connectivity index (χ1v) is 19.4. The maximum absolute atomic E-state index is 11.9. The van der Waals surface area contributed by atoms with Gasteiger partial charge in [0.2, 0.25) is 0 Å². The number of phenolic OH excluding ortho intramolecular Hbond substituents is 1. The second kappa shape index (κ2) is 15.4. The number of benzene rings is 6. The van der Waals surface area contributed by atoms with Gasteiger partial charge in [-0.05, 0) is 68.8 Å². The molecule has 0 fully saturated rings. The van der Waals surface area contributed by atoms with Crippen LogP contribution in [0.2, 0.25) is 0 Å². The molecular formula is C52H48N3OPt-. The van der Waals surface area contributed by atoms with Crippen LogP contribution in [0, 0.1) is 13.0 Å². The number of nitrogens with zero attached hydrogens (tertiary/aromatic N) is 3. The van der Waals surface area contributed by atoms with Gasteiger partial charge in [0.05, 0.1) is 16.6 Å². The molecule has 2 aromatic heterocycles. The molecule has 0 atom stereocenters. The number of fused-ring (bicyclic) bond motifs is 1. The van der Waals surface area contributed by atoms with Crippen LogP contribution in [0.1, 0.15) is 58.2 Å². The molecule has 0 radical (unpaired) electrons.